The van der Waals surface area contributed by atoms with Gasteiger partial charge in [-0.25, -0.2) is 0 Å². The van der Waals surface area contributed by atoms with E-state index in [0.717, 1.165) is 16.5 Å². The summed E-state index contributed by atoms with van der Waals surface area (Å²) in [7, 11) is 3.22. The van der Waals surface area contributed by atoms with Crippen molar-refractivity contribution < 1.29 is 9.59 Å². The molecule has 0 radical (unpaired) electrons. The zero-order chi connectivity index (χ0) is 25.4. The van der Waals surface area contributed by atoms with Crippen molar-refractivity contribution in [3.05, 3.63) is 92.8 Å². The molecule has 3 heterocycles. The van der Waals surface area contributed by atoms with E-state index in [1.54, 1.807) is 20.2 Å². The number of para-hydroxylation sites is 2. The number of aromatic nitrogens is 1. The Morgan fingerprint density at radius 1 is 0.811 bits per heavy atom. The third-order valence-electron chi connectivity index (χ3n) is 7.33. The van der Waals surface area contributed by atoms with Crippen LogP contribution in [0.1, 0.15) is 14.4 Å². The maximum absolute atomic E-state index is 12.7. The average molecular weight is 567 g/mol. The number of rotatable bonds is 2. The first-order chi connectivity index (χ1) is 17.9. The second-order valence-corrected chi connectivity index (χ2v) is 12.3. The van der Waals surface area contributed by atoms with Gasteiger partial charge in [0.25, 0.3) is 0 Å². The fraction of sp³-hybridized carbons (Fsp3) is 0.100. The molecule has 5 aromatic rings. The Balaban J connectivity index is 1.29. The first-order valence-corrected chi connectivity index (χ1v) is 14.1. The van der Waals surface area contributed by atoms with E-state index in [1.807, 2.05) is 0 Å². The molecular weight excluding hydrogens is 545 g/mol. The van der Waals surface area contributed by atoms with Crippen LogP contribution in [0, 0.1) is 0 Å². The van der Waals surface area contributed by atoms with Gasteiger partial charge < -0.3 is 0 Å². The summed E-state index contributed by atoms with van der Waals surface area (Å²) in [5.41, 5.74) is 7.55. The molecule has 1 saturated heterocycles. The van der Waals surface area contributed by atoms with Gasteiger partial charge in [0.2, 0.25) is 0 Å². The minimum absolute atomic E-state index is 0.0595. The Labute approximate surface area is 225 Å². The van der Waals surface area contributed by atoms with Crippen LogP contribution in [0.15, 0.2) is 78.4 Å². The van der Waals surface area contributed by atoms with Crippen LogP contribution < -0.4 is 0 Å². The van der Waals surface area contributed by atoms with E-state index in [0.29, 0.717) is 0 Å². The zero-order valence-electron chi connectivity index (χ0n) is 20.2. The predicted molar refractivity (Wildman–Crippen MR) is 152 cm³/mol. The van der Waals surface area contributed by atoms with E-state index in [9.17, 15) is 9.59 Å². The fourth-order valence-corrected chi connectivity index (χ4v) is 8.07. The second-order valence-electron chi connectivity index (χ2n) is 9.44. The van der Waals surface area contributed by atoms with Crippen LogP contribution in [0.25, 0.3) is 44.7 Å². The Morgan fingerprint density at radius 3 is 2.08 bits per heavy atom. The molecule has 7 rings (SSSR count). The van der Waals surface area contributed by atoms with Crippen molar-refractivity contribution in [2.75, 3.05) is 14.1 Å². The molecule has 0 N–H and O–H groups in total. The Hall–Kier alpha value is -3.77. The second kappa shape index (κ2) is 8.12. The van der Waals surface area contributed by atoms with Crippen LogP contribution >= 0.6 is 12.2 Å². The summed E-state index contributed by atoms with van der Waals surface area (Å²) in [6, 6.07) is 26.0. The van der Waals surface area contributed by atoms with Crippen molar-refractivity contribution in [2.24, 2.45) is 0 Å². The predicted octanol–water partition coefficient (Wildman–Crippen LogP) is 5.01. The molecule has 3 aromatic carbocycles. The van der Waals surface area contributed by atoms with E-state index < -0.39 is 0 Å². The number of thiocarbonyl (C=S) groups is 1. The molecule has 2 aliphatic rings. The van der Waals surface area contributed by atoms with Gasteiger partial charge in [-0.05, 0) is 0 Å². The van der Waals surface area contributed by atoms with E-state index in [4.69, 9.17) is 12.2 Å². The summed E-state index contributed by atoms with van der Waals surface area (Å²) in [5, 5.41) is 2.74. The third-order valence-corrected chi connectivity index (χ3v) is 10.1. The van der Waals surface area contributed by atoms with Gasteiger partial charge in [-0.2, -0.15) is 0 Å². The summed E-state index contributed by atoms with van der Waals surface area (Å²) in [6.07, 6.45) is 2.66. The van der Waals surface area contributed by atoms with Crippen molar-refractivity contribution in [3.63, 3.8) is 0 Å². The van der Waals surface area contributed by atoms with Crippen molar-refractivity contribution in [2.45, 2.75) is 6.42 Å². The molecule has 37 heavy (non-hydrogen) atoms. The molecule has 0 bridgehead atoms. The molecule has 0 saturated carbocycles. The van der Waals surface area contributed by atoms with Crippen molar-refractivity contribution >= 4 is 71.5 Å². The number of hydrogen-bond acceptors (Lipinski definition) is 3. The van der Waals surface area contributed by atoms with Gasteiger partial charge in [0.05, 0.1) is 0 Å². The van der Waals surface area contributed by atoms with Crippen LogP contribution in [-0.4, -0.2) is 59.9 Å². The molecule has 180 valence electrons. The van der Waals surface area contributed by atoms with Crippen LogP contribution in [0.4, 0.5) is 0 Å². The SMILES string of the molecule is CN1C(=O)C(=Cc2cc3c([se]2)Cc2cc(-n4c5ccccc5c5ccccc54)ccc2-3)C(=O)N(C)C1=S. The van der Waals surface area contributed by atoms with E-state index in [1.165, 1.54) is 52.7 Å². The van der Waals surface area contributed by atoms with Crippen LogP contribution in [0.2, 0.25) is 0 Å². The fourth-order valence-electron chi connectivity index (χ4n) is 5.50. The van der Waals surface area contributed by atoms with Gasteiger partial charge in [0.1, 0.15) is 0 Å². The Bertz CT molecular complexity index is 1780. The first kappa shape index (κ1) is 22.4. The zero-order valence-corrected chi connectivity index (χ0v) is 22.7. The Morgan fingerprint density at radius 2 is 1.43 bits per heavy atom. The van der Waals surface area contributed by atoms with Crippen molar-refractivity contribution in [3.8, 4) is 16.8 Å². The topological polar surface area (TPSA) is 45.6 Å². The summed E-state index contributed by atoms with van der Waals surface area (Å²) in [6.45, 7) is 0. The number of nitrogens with zero attached hydrogens (tertiary/aromatic N) is 3. The van der Waals surface area contributed by atoms with Crippen LogP contribution in [0.5, 0.6) is 0 Å². The molecule has 2 aromatic heterocycles. The number of hydrogen-bond donors (Lipinski definition) is 0. The quantitative estimate of drug-likeness (QED) is 0.128. The summed E-state index contributed by atoms with van der Waals surface area (Å²) >= 11 is 5.26. The summed E-state index contributed by atoms with van der Waals surface area (Å²) < 4.78 is 4.78. The number of carbonyl (C=O) groups is 2. The van der Waals surface area contributed by atoms with Crippen molar-refractivity contribution in [1.82, 2.24) is 14.4 Å². The molecule has 1 aliphatic carbocycles. The molecular formula is C30H21N3O2SSe. The van der Waals surface area contributed by atoms with Crippen molar-refractivity contribution in [1.29, 1.82) is 0 Å². The number of amides is 2. The van der Waals surface area contributed by atoms with Gasteiger partial charge in [-0.3, -0.25) is 0 Å². The van der Waals surface area contributed by atoms with Gasteiger partial charge in [0.15, 0.2) is 0 Å². The van der Waals surface area contributed by atoms with E-state index in [-0.39, 0.29) is 37.0 Å². The van der Waals surface area contributed by atoms with E-state index >= 15 is 0 Å². The minimum atomic E-state index is -0.340. The molecule has 1 aliphatic heterocycles. The number of fused-ring (bicyclic) bond motifs is 6. The standard InChI is InChI=1S/C30H21N3O2SSe/c1-31-28(34)24(29(35)32(2)30(31)36)16-19-15-23-20-12-11-18(13-17(20)14-27(23)37-19)33-25-9-5-3-7-21(25)22-8-4-6-10-26(22)33/h3-13,15-16H,14H2,1-2H3. The number of carbonyl (C=O) groups excluding carboxylic acids is 2. The van der Waals surface area contributed by atoms with Crippen LogP contribution in [-0.2, 0) is 16.0 Å². The normalized spacial score (nSPS) is 15.2. The average Bonchev–Trinajstić information content (AvgIpc) is 3.57. The summed E-state index contributed by atoms with van der Waals surface area (Å²) in [5.74, 6) is -0.679. The molecule has 2 amide bonds. The number of likely N-dealkylation sites (N-methyl/N-ethyl adjacent to an activating group) is 2. The van der Waals surface area contributed by atoms with E-state index in [2.05, 4.69) is 77.4 Å². The van der Waals surface area contributed by atoms with Gasteiger partial charge >= 0.3 is 226 Å². The maximum atomic E-state index is 12.7. The Kier molecular flexibility index (Phi) is 4.92. The third kappa shape index (κ3) is 3.25. The molecule has 5 nitrogen and oxygen atoms in total. The van der Waals surface area contributed by atoms with Gasteiger partial charge in [0, 0.05) is 0 Å². The molecule has 1 fully saturated rings. The van der Waals surface area contributed by atoms with Gasteiger partial charge in [-0.15, -0.1) is 0 Å². The molecule has 0 spiro atoms. The summed E-state index contributed by atoms with van der Waals surface area (Å²) in [4.78, 5) is 28.2. The number of benzene rings is 3. The molecule has 0 unspecified atom stereocenters. The molecule has 7 heteroatoms. The first-order valence-electron chi connectivity index (χ1n) is 12.0. The monoisotopic (exact) mass is 567 g/mol. The van der Waals surface area contributed by atoms with Gasteiger partial charge in [-0.1, -0.05) is 0 Å². The molecule has 0 atom stereocenters. The van der Waals surface area contributed by atoms with Crippen LogP contribution in [0.3, 0.4) is 0 Å².